The highest BCUT2D eigenvalue weighted by molar-refractivity contribution is 6.59. The molecule has 0 radical (unpaired) electrons. The van der Waals surface area contributed by atoms with E-state index in [1.165, 1.54) is 0 Å². The zero-order valence-electron chi connectivity index (χ0n) is 9.13. The van der Waals surface area contributed by atoms with Crippen molar-refractivity contribution in [2.75, 3.05) is 0 Å². The molecule has 0 atom stereocenters. The number of halogens is 4. The van der Waals surface area contributed by atoms with E-state index in [1.54, 1.807) is 12.1 Å². The number of hydrogen-bond acceptors (Lipinski definition) is 0. The zero-order chi connectivity index (χ0) is 13.1. The average Bonchev–Trinajstić information content (AvgIpc) is 2.34. The van der Waals surface area contributed by atoms with E-state index in [1.807, 2.05) is 36.4 Å². The van der Waals surface area contributed by atoms with Gasteiger partial charge in [-0.05, 0) is 12.1 Å². The fourth-order valence-corrected chi connectivity index (χ4v) is 2.54. The van der Waals surface area contributed by atoms with Gasteiger partial charge in [0.25, 0.3) is 0 Å². The molecule has 2 aromatic rings. The minimum Gasteiger partial charge on any atom is -0.0837 e. The Morgan fingerprint density at radius 3 is 1.39 bits per heavy atom. The number of benzene rings is 2. The molecule has 0 fully saturated rings. The molecule has 0 aliphatic heterocycles. The molecule has 0 aliphatic carbocycles. The molecule has 92 valence electrons. The molecule has 0 saturated carbocycles. The van der Waals surface area contributed by atoms with Crippen LogP contribution < -0.4 is 0 Å². The van der Waals surface area contributed by atoms with Gasteiger partial charge in [0.2, 0.25) is 0 Å². The third-order valence-corrected chi connectivity index (χ3v) is 3.51. The first-order chi connectivity index (χ1) is 8.61. The van der Waals surface area contributed by atoms with Crippen molar-refractivity contribution in [1.29, 1.82) is 0 Å². The van der Waals surface area contributed by atoms with Gasteiger partial charge in [0.15, 0.2) is 0 Å². The van der Waals surface area contributed by atoms with Gasteiger partial charge in [-0.3, -0.25) is 0 Å². The van der Waals surface area contributed by atoms with Gasteiger partial charge in [0.1, 0.15) is 4.49 Å². The maximum Gasteiger partial charge on any atom is 0.115 e. The lowest BCUT2D eigenvalue weighted by Gasteiger charge is -2.12. The van der Waals surface area contributed by atoms with Crippen molar-refractivity contribution in [3.63, 3.8) is 0 Å². The SMILES string of the molecule is ClC(Cl)=C(c1ccccc1Cl)c1ccccc1Cl. The Bertz CT molecular complexity index is 551. The van der Waals surface area contributed by atoms with Crippen LogP contribution in [0.15, 0.2) is 53.0 Å². The molecular weight excluding hydrogens is 310 g/mol. The lowest BCUT2D eigenvalue weighted by atomic mass is 9.99. The Hall–Kier alpha value is -0.660. The summed E-state index contributed by atoms with van der Waals surface area (Å²) in [7, 11) is 0. The molecule has 0 saturated heterocycles. The molecule has 0 heterocycles. The monoisotopic (exact) mass is 316 g/mol. The second-order valence-corrected chi connectivity index (χ2v) is 5.36. The molecule has 2 rings (SSSR count). The molecule has 0 nitrogen and oxygen atoms in total. The van der Waals surface area contributed by atoms with Gasteiger partial charge in [-0.15, -0.1) is 0 Å². The molecule has 0 unspecified atom stereocenters. The summed E-state index contributed by atoms with van der Waals surface area (Å²) in [6.45, 7) is 0. The van der Waals surface area contributed by atoms with Crippen LogP contribution in [0.5, 0.6) is 0 Å². The molecule has 0 aliphatic rings. The number of rotatable bonds is 2. The standard InChI is InChI=1S/C14H8Cl4/c15-11-7-3-1-5-9(11)13(14(17)18)10-6-2-4-8-12(10)16/h1-8H. The van der Waals surface area contributed by atoms with E-state index in [-0.39, 0.29) is 4.49 Å². The van der Waals surface area contributed by atoms with Crippen LogP contribution in [0.3, 0.4) is 0 Å². The average molecular weight is 318 g/mol. The summed E-state index contributed by atoms with van der Waals surface area (Å²) >= 11 is 24.3. The van der Waals surface area contributed by atoms with Gasteiger partial charge in [-0.25, -0.2) is 0 Å². The fourth-order valence-electron chi connectivity index (χ4n) is 1.68. The molecule has 18 heavy (non-hydrogen) atoms. The first-order valence-electron chi connectivity index (χ1n) is 5.16. The molecule has 4 heteroatoms. The summed E-state index contributed by atoms with van der Waals surface area (Å²) in [6, 6.07) is 14.7. The Labute approximate surface area is 126 Å². The summed E-state index contributed by atoms with van der Waals surface area (Å²) < 4.78 is 0.135. The fraction of sp³-hybridized carbons (Fsp3) is 0. The summed E-state index contributed by atoms with van der Waals surface area (Å²) in [5, 5.41) is 1.15. The van der Waals surface area contributed by atoms with Crippen LogP contribution in [0.4, 0.5) is 0 Å². The van der Waals surface area contributed by atoms with E-state index in [9.17, 15) is 0 Å². The summed E-state index contributed by atoms with van der Waals surface area (Å²) in [6.07, 6.45) is 0. The lowest BCUT2D eigenvalue weighted by Crippen LogP contribution is -1.91. The lowest BCUT2D eigenvalue weighted by molar-refractivity contribution is 1.55. The highest BCUT2D eigenvalue weighted by Gasteiger charge is 2.14. The summed E-state index contributed by atoms with van der Waals surface area (Å²) in [5.41, 5.74) is 2.15. The van der Waals surface area contributed by atoms with Crippen molar-refractivity contribution in [2.45, 2.75) is 0 Å². The number of hydrogen-bond donors (Lipinski definition) is 0. The third kappa shape index (κ3) is 2.84. The predicted molar refractivity (Wildman–Crippen MR) is 80.6 cm³/mol. The molecule has 0 amide bonds. The van der Waals surface area contributed by atoms with Gasteiger partial charge in [-0.1, -0.05) is 82.8 Å². The summed E-state index contributed by atoms with van der Waals surface area (Å²) in [5.74, 6) is 0. The van der Waals surface area contributed by atoms with Crippen molar-refractivity contribution >= 4 is 52.0 Å². The molecular formula is C14H8Cl4. The normalized spacial score (nSPS) is 10.2. The minimum atomic E-state index is 0.135. The van der Waals surface area contributed by atoms with Gasteiger partial charge >= 0.3 is 0 Å². The van der Waals surface area contributed by atoms with Gasteiger partial charge in [0.05, 0.1) is 0 Å². The largest absolute Gasteiger partial charge is 0.115 e. The highest BCUT2D eigenvalue weighted by atomic mass is 35.5. The van der Waals surface area contributed by atoms with Crippen LogP contribution in [0.1, 0.15) is 11.1 Å². The van der Waals surface area contributed by atoms with E-state index in [4.69, 9.17) is 46.4 Å². The Balaban J connectivity index is 2.68. The smallest absolute Gasteiger partial charge is 0.0837 e. The Kier molecular flexibility index (Phi) is 4.58. The Morgan fingerprint density at radius 1 is 0.667 bits per heavy atom. The van der Waals surface area contributed by atoms with Gasteiger partial charge < -0.3 is 0 Å². The van der Waals surface area contributed by atoms with E-state index in [2.05, 4.69) is 0 Å². The minimum absolute atomic E-state index is 0.135. The van der Waals surface area contributed by atoms with Gasteiger partial charge in [0, 0.05) is 26.7 Å². The zero-order valence-corrected chi connectivity index (χ0v) is 12.2. The maximum atomic E-state index is 6.17. The third-order valence-electron chi connectivity index (χ3n) is 2.48. The molecule has 2 aromatic carbocycles. The van der Waals surface area contributed by atoms with Crippen LogP contribution in [-0.2, 0) is 0 Å². The first-order valence-corrected chi connectivity index (χ1v) is 6.67. The second kappa shape index (κ2) is 5.99. The molecule has 0 N–H and O–H groups in total. The predicted octanol–water partition coefficient (Wildman–Crippen LogP) is 6.19. The highest BCUT2D eigenvalue weighted by Crippen LogP contribution is 2.37. The topological polar surface area (TPSA) is 0 Å². The van der Waals surface area contributed by atoms with E-state index in [0.29, 0.717) is 15.6 Å². The Morgan fingerprint density at radius 2 is 1.06 bits per heavy atom. The van der Waals surface area contributed by atoms with Gasteiger partial charge in [-0.2, -0.15) is 0 Å². The molecule has 0 bridgehead atoms. The molecule has 0 aromatic heterocycles. The summed E-state index contributed by atoms with van der Waals surface area (Å²) in [4.78, 5) is 0. The maximum absolute atomic E-state index is 6.17. The van der Waals surface area contributed by atoms with Crippen molar-refractivity contribution in [3.8, 4) is 0 Å². The second-order valence-electron chi connectivity index (χ2n) is 3.60. The van der Waals surface area contributed by atoms with Crippen LogP contribution >= 0.6 is 46.4 Å². The van der Waals surface area contributed by atoms with Crippen molar-refractivity contribution < 1.29 is 0 Å². The quantitative estimate of drug-likeness (QED) is 0.619. The molecule has 0 spiro atoms. The van der Waals surface area contributed by atoms with Crippen LogP contribution in [0, 0.1) is 0 Å². The first kappa shape index (κ1) is 13.8. The van der Waals surface area contributed by atoms with Crippen molar-refractivity contribution in [3.05, 3.63) is 74.2 Å². The van der Waals surface area contributed by atoms with E-state index < -0.39 is 0 Å². The van der Waals surface area contributed by atoms with Crippen LogP contribution in [0.25, 0.3) is 5.57 Å². The van der Waals surface area contributed by atoms with Crippen molar-refractivity contribution in [2.24, 2.45) is 0 Å². The van der Waals surface area contributed by atoms with E-state index >= 15 is 0 Å². The van der Waals surface area contributed by atoms with Crippen LogP contribution in [-0.4, -0.2) is 0 Å². The van der Waals surface area contributed by atoms with E-state index in [0.717, 1.165) is 11.1 Å². The van der Waals surface area contributed by atoms with Crippen LogP contribution in [0.2, 0.25) is 10.0 Å². The van der Waals surface area contributed by atoms with Crippen molar-refractivity contribution in [1.82, 2.24) is 0 Å².